The smallest absolute Gasteiger partial charge is 0.257 e. The topological polar surface area (TPSA) is 88.0 Å². The molecule has 0 saturated heterocycles. The molecular weight excluding hydrogens is 298 g/mol. The Morgan fingerprint density at radius 3 is 2.43 bits per heavy atom. The number of rotatable bonds is 3. The van der Waals surface area contributed by atoms with E-state index in [1.165, 1.54) is 20.3 Å². The van der Waals surface area contributed by atoms with Crippen molar-refractivity contribution in [3.8, 4) is 11.5 Å². The zero-order valence-electron chi connectivity index (χ0n) is 12.7. The summed E-state index contributed by atoms with van der Waals surface area (Å²) < 4.78 is 10.4. The Balaban J connectivity index is 2.25. The van der Waals surface area contributed by atoms with E-state index in [1.54, 1.807) is 36.4 Å². The van der Waals surface area contributed by atoms with Crippen molar-refractivity contribution in [2.45, 2.75) is 11.7 Å². The monoisotopic (exact) mass is 315 g/mol. The molecule has 0 fully saturated rings. The van der Waals surface area contributed by atoms with Gasteiger partial charge in [-0.05, 0) is 29.8 Å². The van der Waals surface area contributed by atoms with Gasteiger partial charge in [-0.25, -0.2) is 0 Å². The first kappa shape index (κ1) is 15.3. The maximum Gasteiger partial charge on any atom is 0.257 e. The molecule has 2 aromatic rings. The molecule has 0 aliphatic carbocycles. The van der Waals surface area contributed by atoms with E-state index in [-0.39, 0.29) is 11.3 Å². The molecule has 120 valence electrons. The summed E-state index contributed by atoms with van der Waals surface area (Å²) in [5.74, 6) is 0.0101. The van der Waals surface area contributed by atoms with Crippen LogP contribution >= 0.6 is 0 Å². The van der Waals surface area contributed by atoms with Crippen LogP contribution in [-0.2, 0) is 15.1 Å². The van der Waals surface area contributed by atoms with Gasteiger partial charge in [0.25, 0.3) is 5.91 Å². The number of aliphatic hydroxyl groups is 1. The first-order valence-corrected chi connectivity index (χ1v) is 7.05. The molecule has 0 saturated carbocycles. The van der Waals surface area contributed by atoms with Gasteiger partial charge in [-0.1, -0.05) is 18.2 Å². The predicted molar refractivity (Wildman–Crippen MR) is 83.5 cm³/mol. The molecule has 6 nitrogen and oxygen atoms in total. The standard InChI is InChI=1S/C17H17NO5/c1-22-11-8-6-10(7-9-11)17(21)14-12(4-3-5-13(14)19)18-16(20)15(17)23-2/h3-9,15,19,21H,1-2H3,(H,18,20)/t15-,17+/m1/s1. The van der Waals surface area contributed by atoms with Crippen molar-refractivity contribution in [2.24, 2.45) is 0 Å². The number of ether oxygens (including phenoxy) is 2. The Morgan fingerprint density at radius 2 is 1.83 bits per heavy atom. The van der Waals surface area contributed by atoms with Gasteiger partial charge in [0, 0.05) is 7.11 Å². The second-order valence-corrected chi connectivity index (χ2v) is 5.30. The van der Waals surface area contributed by atoms with Gasteiger partial charge < -0.3 is 25.0 Å². The van der Waals surface area contributed by atoms with Crippen LogP contribution < -0.4 is 10.1 Å². The lowest BCUT2D eigenvalue weighted by Gasteiger charge is -2.40. The first-order chi connectivity index (χ1) is 11.0. The van der Waals surface area contributed by atoms with Crippen LogP contribution in [0.5, 0.6) is 11.5 Å². The number of phenols is 1. The first-order valence-electron chi connectivity index (χ1n) is 7.05. The number of fused-ring (bicyclic) bond motifs is 1. The number of hydrogen-bond donors (Lipinski definition) is 3. The van der Waals surface area contributed by atoms with E-state index in [0.717, 1.165) is 0 Å². The highest BCUT2D eigenvalue weighted by Gasteiger charge is 2.51. The second kappa shape index (κ2) is 5.57. The average molecular weight is 315 g/mol. The van der Waals surface area contributed by atoms with Crippen LogP contribution in [0.3, 0.4) is 0 Å². The largest absolute Gasteiger partial charge is 0.507 e. The van der Waals surface area contributed by atoms with Crippen molar-refractivity contribution in [1.29, 1.82) is 0 Å². The number of hydrogen-bond acceptors (Lipinski definition) is 5. The molecule has 23 heavy (non-hydrogen) atoms. The van der Waals surface area contributed by atoms with Crippen molar-refractivity contribution in [2.75, 3.05) is 19.5 Å². The SMILES string of the molecule is COc1ccc([C@]2(O)c3c(O)cccc3NC(=O)[C@H]2OC)cc1. The lowest BCUT2D eigenvalue weighted by Crippen LogP contribution is -2.52. The number of carbonyl (C=O) groups is 1. The highest BCUT2D eigenvalue weighted by Crippen LogP contribution is 2.46. The summed E-state index contributed by atoms with van der Waals surface area (Å²) in [6.07, 6.45) is -1.20. The molecule has 1 aliphatic heterocycles. The Kier molecular flexibility index (Phi) is 3.71. The normalized spacial score (nSPS) is 23.1. The third kappa shape index (κ3) is 2.23. The lowest BCUT2D eigenvalue weighted by atomic mass is 9.77. The highest BCUT2D eigenvalue weighted by atomic mass is 16.5. The van der Waals surface area contributed by atoms with Gasteiger partial charge in [-0.2, -0.15) is 0 Å². The van der Waals surface area contributed by atoms with E-state index >= 15 is 0 Å². The fourth-order valence-corrected chi connectivity index (χ4v) is 2.98. The number of aromatic hydroxyl groups is 1. The number of nitrogens with one attached hydrogen (secondary N) is 1. The van der Waals surface area contributed by atoms with E-state index < -0.39 is 17.6 Å². The molecule has 2 aromatic carbocycles. The van der Waals surface area contributed by atoms with Crippen molar-refractivity contribution in [1.82, 2.24) is 0 Å². The predicted octanol–water partition coefficient (Wildman–Crippen LogP) is 1.60. The Hall–Kier alpha value is -2.57. The van der Waals surface area contributed by atoms with Gasteiger partial charge in [0.05, 0.1) is 18.4 Å². The Labute approximate surface area is 133 Å². The van der Waals surface area contributed by atoms with E-state index in [4.69, 9.17) is 9.47 Å². The van der Waals surface area contributed by atoms with Crippen LogP contribution in [0.2, 0.25) is 0 Å². The van der Waals surface area contributed by atoms with Gasteiger partial charge in [-0.15, -0.1) is 0 Å². The molecule has 0 spiro atoms. The maximum atomic E-state index is 12.3. The van der Waals surface area contributed by atoms with Gasteiger partial charge >= 0.3 is 0 Å². The molecule has 1 heterocycles. The molecule has 3 N–H and O–H groups in total. The summed E-state index contributed by atoms with van der Waals surface area (Å²) in [6.45, 7) is 0. The van der Waals surface area contributed by atoms with Crippen LogP contribution in [0.15, 0.2) is 42.5 Å². The number of benzene rings is 2. The number of methoxy groups -OCH3 is 2. The summed E-state index contributed by atoms with van der Waals surface area (Å²) in [6, 6.07) is 11.3. The van der Waals surface area contributed by atoms with Crippen LogP contribution in [0, 0.1) is 0 Å². The van der Waals surface area contributed by atoms with Gasteiger partial charge in [0.2, 0.25) is 0 Å². The third-order valence-corrected chi connectivity index (χ3v) is 4.06. The molecule has 1 aliphatic rings. The van der Waals surface area contributed by atoms with Crippen molar-refractivity contribution in [3.05, 3.63) is 53.6 Å². The number of phenolic OH excluding ortho intramolecular Hbond substituents is 1. The third-order valence-electron chi connectivity index (χ3n) is 4.06. The summed E-state index contributed by atoms with van der Waals surface area (Å²) in [7, 11) is 2.88. The van der Waals surface area contributed by atoms with Crippen LogP contribution in [0.1, 0.15) is 11.1 Å². The molecule has 0 bridgehead atoms. The van der Waals surface area contributed by atoms with E-state index in [1.807, 2.05) is 0 Å². The summed E-state index contributed by atoms with van der Waals surface area (Å²) in [5, 5.41) is 24.3. The van der Waals surface area contributed by atoms with Crippen molar-refractivity contribution in [3.63, 3.8) is 0 Å². The van der Waals surface area contributed by atoms with Crippen LogP contribution in [0.4, 0.5) is 5.69 Å². The van der Waals surface area contributed by atoms with Crippen LogP contribution in [0.25, 0.3) is 0 Å². The minimum Gasteiger partial charge on any atom is -0.507 e. The molecular formula is C17H17NO5. The number of anilines is 1. The summed E-state index contributed by atoms with van der Waals surface area (Å²) >= 11 is 0. The zero-order valence-corrected chi connectivity index (χ0v) is 12.7. The quantitative estimate of drug-likeness (QED) is 0.801. The second-order valence-electron chi connectivity index (χ2n) is 5.30. The number of carbonyl (C=O) groups excluding carboxylic acids is 1. The Morgan fingerprint density at radius 1 is 1.13 bits per heavy atom. The summed E-state index contributed by atoms with van der Waals surface area (Å²) in [5.41, 5.74) is -0.842. The molecule has 0 aromatic heterocycles. The van der Waals surface area contributed by atoms with Crippen molar-refractivity contribution >= 4 is 11.6 Å². The molecule has 0 unspecified atom stereocenters. The summed E-state index contributed by atoms with van der Waals surface area (Å²) in [4.78, 5) is 12.3. The van der Waals surface area contributed by atoms with E-state index in [0.29, 0.717) is 17.0 Å². The van der Waals surface area contributed by atoms with Gasteiger partial charge in [0.15, 0.2) is 11.7 Å². The minimum atomic E-state index is -1.82. The zero-order chi connectivity index (χ0) is 16.6. The van der Waals surface area contributed by atoms with E-state index in [2.05, 4.69) is 5.32 Å². The van der Waals surface area contributed by atoms with E-state index in [9.17, 15) is 15.0 Å². The molecule has 0 radical (unpaired) electrons. The maximum absolute atomic E-state index is 12.3. The molecule has 2 atom stereocenters. The highest BCUT2D eigenvalue weighted by molar-refractivity contribution is 6.00. The average Bonchev–Trinajstić information content (AvgIpc) is 2.55. The lowest BCUT2D eigenvalue weighted by molar-refractivity contribution is -0.142. The fraction of sp³-hybridized carbons (Fsp3) is 0.235. The fourth-order valence-electron chi connectivity index (χ4n) is 2.98. The van der Waals surface area contributed by atoms with Crippen molar-refractivity contribution < 1.29 is 24.5 Å². The minimum absolute atomic E-state index is 0.122. The molecule has 3 rings (SSSR count). The van der Waals surface area contributed by atoms with Crippen LogP contribution in [-0.4, -0.2) is 36.4 Å². The molecule has 1 amide bonds. The van der Waals surface area contributed by atoms with Gasteiger partial charge in [-0.3, -0.25) is 4.79 Å². The number of amides is 1. The Bertz CT molecular complexity index is 743. The van der Waals surface area contributed by atoms with Gasteiger partial charge in [0.1, 0.15) is 11.5 Å². The molecule has 6 heteroatoms.